The lowest BCUT2D eigenvalue weighted by atomic mass is 10.3. The number of hydrogen-bond acceptors (Lipinski definition) is 3. The molecular weight excluding hydrogens is 274 g/mol. The second kappa shape index (κ2) is 6.43. The molecule has 5 heteroatoms. The van der Waals surface area contributed by atoms with Crippen LogP contribution in [0.4, 0.5) is 5.69 Å². The second-order valence-electron chi connectivity index (χ2n) is 4.29. The zero-order valence-electron chi connectivity index (χ0n) is 11.2. The van der Waals surface area contributed by atoms with Gasteiger partial charge >= 0.3 is 0 Å². The summed E-state index contributed by atoms with van der Waals surface area (Å²) < 4.78 is 32.3. The van der Waals surface area contributed by atoms with Crippen LogP contribution in [-0.2, 0) is 10.0 Å². The molecule has 2 aromatic rings. The number of nitrogens with one attached hydrogen (secondary N) is 1. The maximum absolute atomic E-state index is 12.2. The van der Waals surface area contributed by atoms with Crippen molar-refractivity contribution in [3.05, 3.63) is 54.6 Å². The summed E-state index contributed by atoms with van der Waals surface area (Å²) in [5.41, 5.74) is 0.541. The summed E-state index contributed by atoms with van der Waals surface area (Å²) in [5, 5.41) is 0. The van der Waals surface area contributed by atoms with Gasteiger partial charge in [-0.25, -0.2) is 8.42 Å². The van der Waals surface area contributed by atoms with Crippen molar-refractivity contribution in [3.63, 3.8) is 0 Å². The molecule has 0 heterocycles. The maximum Gasteiger partial charge on any atom is 0.261 e. The molecule has 0 aliphatic heterocycles. The molecule has 20 heavy (non-hydrogen) atoms. The Hall–Kier alpha value is -2.01. The van der Waals surface area contributed by atoms with Gasteiger partial charge in [0.05, 0.1) is 11.5 Å². The fraction of sp³-hybridized carbons (Fsp3) is 0.200. The number of hydrogen-bond donors (Lipinski definition) is 1. The Balaban J connectivity index is 2.13. The lowest BCUT2D eigenvalue weighted by Gasteiger charge is -2.09. The van der Waals surface area contributed by atoms with Gasteiger partial charge in [0.2, 0.25) is 0 Å². The zero-order valence-corrected chi connectivity index (χ0v) is 12.1. The summed E-state index contributed by atoms with van der Waals surface area (Å²) in [6, 6.07) is 15.2. The van der Waals surface area contributed by atoms with Gasteiger partial charge in [-0.3, -0.25) is 4.72 Å². The van der Waals surface area contributed by atoms with Crippen molar-refractivity contribution in [2.45, 2.75) is 18.2 Å². The highest BCUT2D eigenvalue weighted by Crippen LogP contribution is 2.19. The minimum Gasteiger partial charge on any atom is -0.494 e. The fourth-order valence-electron chi connectivity index (χ4n) is 1.66. The summed E-state index contributed by atoms with van der Waals surface area (Å²) in [6.07, 6.45) is 0.912. The molecule has 0 aliphatic carbocycles. The minimum absolute atomic E-state index is 0.213. The Bertz CT molecular complexity index is 637. The molecule has 0 atom stereocenters. The SMILES string of the molecule is CCCOc1ccc(S(=O)(=O)Nc2ccccc2)cc1. The van der Waals surface area contributed by atoms with E-state index in [4.69, 9.17) is 4.74 Å². The second-order valence-corrected chi connectivity index (χ2v) is 5.97. The van der Waals surface area contributed by atoms with Crippen LogP contribution in [-0.4, -0.2) is 15.0 Å². The highest BCUT2D eigenvalue weighted by Gasteiger charge is 2.13. The molecule has 0 aromatic heterocycles. The summed E-state index contributed by atoms with van der Waals surface area (Å²) in [6.45, 7) is 2.64. The van der Waals surface area contributed by atoms with Crippen LogP contribution in [0.25, 0.3) is 0 Å². The molecule has 0 fully saturated rings. The Morgan fingerprint density at radius 2 is 1.65 bits per heavy atom. The Kier molecular flexibility index (Phi) is 4.63. The first-order chi connectivity index (χ1) is 9.62. The van der Waals surface area contributed by atoms with Crippen LogP contribution in [0, 0.1) is 0 Å². The molecule has 106 valence electrons. The van der Waals surface area contributed by atoms with Crippen molar-refractivity contribution in [1.29, 1.82) is 0 Å². The first kappa shape index (κ1) is 14.4. The van der Waals surface area contributed by atoms with Crippen LogP contribution >= 0.6 is 0 Å². The molecule has 0 bridgehead atoms. The third-order valence-corrected chi connectivity index (χ3v) is 4.03. The summed E-state index contributed by atoms with van der Waals surface area (Å²) in [5.74, 6) is 0.672. The Morgan fingerprint density at radius 1 is 1.00 bits per heavy atom. The number of anilines is 1. The van der Waals surface area contributed by atoms with Gasteiger partial charge in [-0.15, -0.1) is 0 Å². The molecule has 2 aromatic carbocycles. The standard InChI is InChI=1S/C15H17NO3S/c1-2-12-19-14-8-10-15(11-9-14)20(17,18)16-13-6-4-3-5-7-13/h3-11,16H,2,12H2,1H3. The molecule has 0 saturated carbocycles. The molecule has 0 unspecified atom stereocenters. The molecule has 0 saturated heterocycles. The van der Waals surface area contributed by atoms with Crippen LogP contribution in [0.1, 0.15) is 13.3 Å². The van der Waals surface area contributed by atoms with Crippen molar-refractivity contribution in [3.8, 4) is 5.75 Å². The molecule has 4 nitrogen and oxygen atoms in total. The molecule has 0 amide bonds. The van der Waals surface area contributed by atoms with Gasteiger partial charge in [0, 0.05) is 5.69 Å². The Morgan fingerprint density at radius 3 is 2.25 bits per heavy atom. The van der Waals surface area contributed by atoms with E-state index in [1.807, 2.05) is 13.0 Å². The average Bonchev–Trinajstić information content (AvgIpc) is 2.46. The molecule has 0 radical (unpaired) electrons. The number of para-hydroxylation sites is 1. The summed E-state index contributed by atoms with van der Waals surface area (Å²) >= 11 is 0. The molecule has 0 spiro atoms. The highest BCUT2D eigenvalue weighted by atomic mass is 32.2. The van der Waals surface area contributed by atoms with Gasteiger partial charge in [0.25, 0.3) is 10.0 Å². The van der Waals surface area contributed by atoms with E-state index >= 15 is 0 Å². The first-order valence-corrected chi connectivity index (χ1v) is 7.91. The molecule has 1 N–H and O–H groups in total. The van der Waals surface area contributed by atoms with E-state index in [0.717, 1.165) is 6.42 Å². The molecular formula is C15H17NO3S. The smallest absolute Gasteiger partial charge is 0.261 e. The van der Waals surface area contributed by atoms with Crippen LogP contribution in [0.5, 0.6) is 5.75 Å². The molecule has 2 rings (SSSR count). The van der Waals surface area contributed by atoms with Gasteiger partial charge in [0.1, 0.15) is 5.75 Å². The van der Waals surface area contributed by atoms with E-state index in [0.29, 0.717) is 18.0 Å². The van der Waals surface area contributed by atoms with E-state index in [-0.39, 0.29) is 4.90 Å². The Labute approximate surface area is 119 Å². The number of benzene rings is 2. The van der Waals surface area contributed by atoms with E-state index in [9.17, 15) is 8.42 Å². The lowest BCUT2D eigenvalue weighted by molar-refractivity contribution is 0.317. The lowest BCUT2D eigenvalue weighted by Crippen LogP contribution is -2.12. The number of rotatable bonds is 6. The third-order valence-electron chi connectivity index (χ3n) is 2.63. The quantitative estimate of drug-likeness (QED) is 0.888. The van der Waals surface area contributed by atoms with E-state index in [2.05, 4.69) is 4.72 Å². The van der Waals surface area contributed by atoms with Crippen molar-refractivity contribution in [1.82, 2.24) is 0 Å². The van der Waals surface area contributed by atoms with Crippen molar-refractivity contribution >= 4 is 15.7 Å². The summed E-state index contributed by atoms with van der Waals surface area (Å²) in [7, 11) is -3.56. The van der Waals surface area contributed by atoms with Crippen LogP contribution < -0.4 is 9.46 Å². The van der Waals surface area contributed by atoms with Gasteiger partial charge in [-0.2, -0.15) is 0 Å². The minimum atomic E-state index is -3.56. The van der Waals surface area contributed by atoms with Gasteiger partial charge in [-0.1, -0.05) is 25.1 Å². The van der Waals surface area contributed by atoms with Crippen LogP contribution in [0.3, 0.4) is 0 Å². The largest absolute Gasteiger partial charge is 0.494 e. The normalized spacial score (nSPS) is 11.1. The number of sulfonamides is 1. The fourth-order valence-corrected chi connectivity index (χ4v) is 2.71. The zero-order chi connectivity index (χ0) is 14.4. The van der Waals surface area contributed by atoms with Crippen LogP contribution in [0.15, 0.2) is 59.5 Å². The van der Waals surface area contributed by atoms with Gasteiger partial charge in [0.15, 0.2) is 0 Å². The summed E-state index contributed by atoms with van der Waals surface area (Å²) in [4.78, 5) is 0.213. The van der Waals surface area contributed by atoms with Gasteiger partial charge in [-0.05, 0) is 42.8 Å². The van der Waals surface area contributed by atoms with E-state index < -0.39 is 10.0 Å². The number of ether oxygens (including phenoxy) is 1. The third kappa shape index (κ3) is 3.74. The predicted octanol–water partition coefficient (Wildman–Crippen LogP) is 3.28. The van der Waals surface area contributed by atoms with Crippen molar-refractivity contribution in [2.75, 3.05) is 11.3 Å². The van der Waals surface area contributed by atoms with Crippen molar-refractivity contribution < 1.29 is 13.2 Å². The highest BCUT2D eigenvalue weighted by molar-refractivity contribution is 7.92. The van der Waals surface area contributed by atoms with E-state index in [1.54, 1.807) is 36.4 Å². The first-order valence-electron chi connectivity index (χ1n) is 6.42. The van der Waals surface area contributed by atoms with Crippen LogP contribution in [0.2, 0.25) is 0 Å². The van der Waals surface area contributed by atoms with Crippen molar-refractivity contribution in [2.24, 2.45) is 0 Å². The topological polar surface area (TPSA) is 55.4 Å². The predicted molar refractivity (Wildman–Crippen MR) is 79.5 cm³/mol. The maximum atomic E-state index is 12.2. The van der Waals surface area contributed by atoms with E-state index in [1.165, 1.54) is 12.1 Å². The average molecular weight is 291 g/mol. The monoisotopic (exact) mass is 291 g/mol. The van der Waals surface area contributed by atoms with Gasteiger partial charge < -0.3 is 4.74 Å². The molecule has 0 aliphatic rings.